The van der Waals surface area contributed by atoms with Gasteiger partial charge in [-0.2, -0.15) is 5.10 Å². The molecule has 0 radical (unpaired) electrons. The third-order valence-electron chi connectivity index (χ3n) is 4.44. The molecule has 1 N–H and O–H groups in total. The molecule has 166 valence electrons. The van der Waals surface area contributed by atoms with Crippen LogP contribution in [-0.2, 0) is 14.8 Å². The van der Waals surface area contributed by atoms with Gasteiger partial charge in [0.05, 0.1) is 23.4 Å². The van der Waals surface area contributed by atoms with Crippen molar-refractivity contribution >= 4 is 27.8 Å². The van der Waals surface area contributed by atoms with Gasteiger partial charge in [0.15, 0.2) is 0 Å². The SMILES string of the molecule is CCOc1ccc(N(CC(=O)N/N=C\c2ccncc2)S(=O)(=O)c2ccc(C)cc2)cc1. The second-order valence-electron chi connectivity index (χ2n) is 6.83. The van der Waals surface area contributed by atoms with Gasteiger partial charge in [-0.25, -0.2) is 13.8 Å². The van der Waals surface area contributed by atoms with Crippen molar-refractivity contribution in [1.29, 1.82) is 0 Å². The molecule has 0 atom stereocenters. The number of carbonyl (C=O) groups excluding carboxylic acids is 1. The maximum Gasteiger partial charge on any atom is 0.264 e. The number of amides is 1. The standard InChI is InChI=1S/C23H24N4O4S/c1-3-31-21-8-6-20(7-9-21)27(32(29,30)22-10-4-18(2)5-11-22)17-23(28)26-25-16-19-12-14-24-15-13-19/h4-16H,3,17H2,1-2H3,(H,26,28)/b25-16-. The fourth-order valence-corrected chi connectivity index (χ4v) is 4.24. The van der Waals surface area contributed by atoms with Crippen LogP contribution < -0.4 is 14.5 Å². The van der Waals surface area contributed by atoms with Crippen LogP contribution in [0.2, 0.25) is 0 Å². The van der Waals surface area contributed by atoms with Crippen molar-refractivity contribution < 1.29 is 17.9 Å². The third kappa shape index (κ3) is 5.92. The van der Waals surface area contributed by atoms with E-state index < -0.39 is 22.5 Å². The van der Waals surface area contributed by atoms with E-state index in [2.05, 4.69) is 15.5 Å². The minimum atomic E-state index is -4.00. The number of nitrogens with zero attached hydrogens (tertiary/aromatic N) is 3. The number of carbonyl (C=O) groups is 1. The molecule has 9 heteroatoms. The van der Waals surface area contributed by atoms with Gasteiger partial charge in [0.2, 0.25) is 0 Å². The molecule has 0 aliphatic rings. The number of anilines is 1. The molecule has 3 aromatic rings. The molecule has 32 heavy (non-hydrogen) atoms. The van der Waals surface area contributed by atoms with Gasteiger partial charge in [0.25, 0.3) is 15.9 Å². The van der Waals surface area contributed by atoms with Gasteiger partial charge in [0, 0.05) is 12.4 Å². The molecule has 2 aromatic carbocycles. The van der Waals surface area contributed by atoms with E-state index in [4.69, 9.17) is 4.74 Å². The van der Waals surface area contributed by atoms with Gasteiger partial charge in [-0.15, -0.1) is 0 Å². The van der Waals surface area contributed by atoms with Crippen LogP contribution >= 0.6 is 0 Å². The Morgan fingerprint density at radius 2 is 1.72 bits per heavy atom. The first-order valence-corrected chi connectivity index (χ1v) is 11.4. The Balaban J connectivity index is 1.85. The minimum absolute atomic E-state index is 0.0880. The van der Waals surface area contributed by atoms with E-state index in [1.54, 1.807) is 60.9 Å². The lowest BCUT2D eigenvalue weighted by molar-refractivity contribution is -0.119. The fourth-order valence-electron chi connectivity index (χ4n) is 2.82. The molecule has 0 fully saturated rings. The lowest BCUT2D eigenvalue weighted by Crippen LogP contribution is -2.39. The van der Waals surface area contributed by atoms with Gasteiger partial charge in [0.1, 0.15) is 12.3 Å². The largest absolute Gasteiger partial charge is 0.494 e. The smallest absolute Gasteiger partial charge is 0.264 e. The third-order valence-corrected chi connectivity index (χ3v) is 6.23. The first kappa shape index (κ1) is 23.0. The Morgan fingerprint density at radius 3 is 2.34 bits per heavy atom. The summed E-state index contributed by atoms with van der Waals surface area (Å²) in [5.74, 6) is 0.0233. The van der Waals surface area contributed by atoms with Crippen molar-refractivity contribution in [2.45, 2.75) is 18.7 Å². The average molecular weight is 453 g/mol. The molecule has 0 saturated heterocycles. The summed E-state index contributed by atoms with van der Waals surface area (Å²) >= 11 is 0. The Morgan fingerprint density at radius 1 is 1.06 bits per heavy atom. The highest BCUT2D eigenvalue weighted by molar-refractivity contribution is 7.92. The predicted molar refractivity (Wildman–Crippen MR) is 123 cm³/mol. The zero-order chi connectivity index (χ0) is 23.0. The average Bonchev–Trinajstić information content (AvgIpc) is 2.79. The van der Waals surface area contributed by atoms with Crippen molar-refractivity contribution in [3.05, 3.63) is 84.2 Å². The molecule has 0 spiro atoms. The summed E-state index contributed by atoms with van der Waals surface area (Å²) in [5.41, 5.74) is 4.39. The van der Waals surface area contributed by atoms with Crippen molar-refractivity contribution in [1.82, 2.24) is 10.4 Å². The number of sulfonamides is 1. The topological polar surface area (TPSA) is 101 Å². The summed E-state index contributed by atoms with van der Waals surface area (Å²) in [6, 6.07) is 16.4. The van der Waals surface area contributed by atoms with E-state index in [0.29, 0.717) is 18.0 Å². The van der Waals surface area contributed by atoms with Gasteiger partial charge in [-0.05, 0) is 67.9 Å². The summed E-state index contributed by atoms with van der Waals surface area (Å²) in [6.45, 7) is 3.77. The molecule has 1 aromatic heterocycles. The number of aromatic nitrogens is 1. The van der Waals surface area contributed by atoms with Crippen LogP contribution in [0.4, 0.5) is 5.69 Å². The van der Waals surface area contributed by atoms with Crippen LogP contribution in [0.3, 0.4) is 0 Å². The second-order valence-corrected chi connectivity index (χ2v) is 8.69. The highest BCUT2D eigenvalue weighted by Crippen LogP contribution is 2.26. The number of hydrogen-bond acceptors (Lipinski definition) is 6. The van der Waals surface area contributed by atoms with E-state index >= 15 is 0 Å². The molecule has 8 nitrogen and oxygen atoms in total. The summed E-state index contributed by atoms with van der Waals surface area (Å²) in [4.78, 5) is 16.5. The molecule has 0 aliphatic carbocycles. The van der Waals surface area contributed by atoms with E-state index in [1.165, 1.54) is 18.3 Å². The zero-order valence-electron chi connectivity index (χ0n) is 17.8. The second kappa shape index (κ2) is 10.5. The van der Waals surface area contributed by atoms with Gasteiger partial charge >= 0.3 is 0 Å². The number of benzene rings is 2. The van der Waals surface area contributed by atoms with Crippen molar-refractivity contribution in [3.8, 4) is 5.75 Å². The molecule has 0 bridgehead atoms. The van der Waals surface area contributed by atoms with Crippen molar-refractivity contribution in [2.75, 3.05) is 17.5 Å². The first-order chi connectivity index (χ1) is 15.4. The fraction of sp³-hybridized carbons (Fsp3) is 0.174. The monoisotopic (exact) mass is 452 g/mol. The zero-order valence-corrected chi connectivity index (χ0v) is 18.6. The van der Waals surface area contributed by atoms with E-state index in [-0.39, 0.29) is 4.90 Å². The van der Waals surface area contributed by atoms with Crippen LogP contribution in [0.15, 0.2) is 83.1 Å². The molecule has 0 unspecified atom stereocenters. The summed E-state index contributed by atoms with van der Waals surface area (Å²) in [7, 11) is -4.00. The number of hydrazone groups is 1. The molecular weight excluding hydrogens is 428 g/mol. The number of aryl methyl sites for hydroxylation is 1. The summed E-state index contributed by atoms with van der Waals surface area (Å²) in [5, 5.41) is 3.90. The highest BCUT2D eigenvalue weighted by atomic mass is 32.2. The Kier molecular flexibility index (Phi) is 7.56. The van der Waals surface area contributed by atoms with Crippen LogP contribution in [-0.4, -0.2) is 38.7 Å². The molecule has 0 aliphatic heterocycles. The number of pyridine rings is 1. The quantitative estimate of drug-likeness (QED) is 0.397. The maximum atomic E-state index is 13.4. The van der Waals surface area contributed by atoms with Crippen LogP contribution in [0, 0.1) is 6.92 Å². The van der Waals surface area contributed by atoms with E-state index in [9.17, 15) is 13.2 Å². The highest BCUT2D eigenvalue weighted by Gasteiger charge is 2.27. The Bertz CT molecular complexity index is 1160. The van der Waals surface area contributed by atoms with Crippen molar-refractivity contribution in [3.63, 3.8) is 0 Å². The number of nitrogens with one attached hydrogen (secondary N) is 1. The number of rotatable bonds is 9. The predicted octanol–water partition coefficient (Wildman–Crippen LogP) is 3.13. The van der Waals surface area contributed by atoms with Gasteiger partial charge in [-0.3, -0.25) is 14.1 Å². The normalized spacial score (nSPS) is 11.3. The van der Waals surface area contributed by atoms with Crippen LogP contribution in [0.5, 0.6) is 5.75 Å². The van der Waals surface area contributed by atoms with E-state index in [0.717, 1.165) is 15.4 Å². The van der Waals surface area contributed by atoms with E-state index in [1.807, 2.05) is 13.8 Å². The lowest BCUT2D eigenvalue weighted by atomic mass is 10.2. The van der Waals surface area contributed by atoms with Crippen LogP contribution in [0.25, 0.3) is 0 Å². The Hall–Kier alpha value is -3.72. The lowest BCUT2D eigenvalue weighted by Gasteiger charge is -2.24. The molecule has 0 saturated carbocycles. The Labute approximate surface area is 187 Å². The summed E-state index contributed by atoms with van der Waals surface area (Å²) < 4.78 is 33.2. The molecule has 1 heterocycles. The minimum Gasteiger partial charge on any atom is -0.494 e. The number of ether oxygens (including phenoxy) is 1. The van der Waals surface area contributed by atoms with Gasteiger partial charge in [-0.1, -0.05) is 17.7 Å². The number of hydrogen-bond donors (Lipinski definition) is 1. The first-order valence-electron chi connectivity index (χ1n) is 9.94. The van der Waals surface area contributed by atoms with Crippen molar-refractivity contribution in [2.24, 2.45) is 5.10 Å². The van der Waals surface area contributed by atoms with Gasteiger partial charge < -0.3 is 4.74 Å². The molecular formula is C23H24N4O4S. The maximum absolute atomic E-state index is 13.4. The molecule has 3 rings (SSSR count). The molecule has 1 amide bonds. The summed E-state index contributed by atoms with van der Waals surface area (Å²) in [6.07, 6.45) is 4.66. The van der Waals surface area contributed by atoms with Crippen LogP contribution in [0.1, 0.15) is 18.1 Å².